The van der Waals surface area contributed by atoms with Gasteiger partial charge in [0.25, 0.3) is 0 Å². The third-order valence-corrected chi connectivity index (χ3v) is 12.4. The molecule has 2 heterocycles. The Balaban J connectivity index is 1.25. The van der Waals surface area contributed by atoms with E-state index in [0.717, 1.165) is 37.7 Å². The maximum Gasteiger partial charge on any atom is 0.336 e. The molecule has 0 amide bonds. The summed E-state index contributed by atoms with van der Waals surface area (Å²) in [5.74, 6) is 1.62. The number of carbonyl (C=O) groups is 2. The normalized spacial score (nSPS) is 51.5. The van der Waals surface area contributed by atoms with Crippen LogP contribution in [0.1, 0.15) is 79.6 Å². The molecule has 5 fully saturated rings. The summed E-state index contributed by atoms with van der Waals surface area (Å²) < 4.78 is 18.1. The molecule has 6 aliphatic rings. The van der Waals surface area contributed by atoms with Gasteiger partial charge in [-0.05, 0) is 87.9 Å². The number of hydrogen-bond donors (Lipinski definition) is 2. The van der Waals surface area contributed by atoms with E-state index in [1.54, 1.807) is 0 Å². The molecule has 6 rings (SSSR count). The molecule has 0 radical (unpaired) electrons. The van der Waals surface area contributed by atoms with Crippen molar-refractivity contribution in [3.63, 3.8) is 0 Å². The van der Waals surface area contributed by atoms with Gasteiger partial charge in [-0.1, -0.05) is 19.4 Å². The third kappa shape index (κ3) is 3.26. The van der Waals surface area contributed by atoms with Crippen molar-refractivity contribution >= 4 is 11.8 Å². The van der Waals surface area contributed by atoms with Crippen LogP contribution in [0.3, 0.4) is 0 Å². The third-order valence-electron chi connectivity index (χ3n) is 12.4. The lowest BCUT2D eigenvalue weighted by Crippen LogP contribution is -2.68. The van der Waals surface area contributed by atoms with Crippen LogP contribution in [0.15, 0.2) is 11.1 Å². The van der Waals surface area contributed by atoms with Crippen molar-refractivity contribution in [3.8, 4) is 0 Å². The quantitative estimate of drug-likeness (QED) is 0.425. The van der Waals surface area contributed by atoms with E-state index in [4.69, 9.17) is 14.2 Å². The summed E-state index contributed by atoms with van der Waals surface area (Å²) >= 11 is 0. The smallest absolute Gasteiger partial charge is 0.336 e. The van der Waals surface area contributed by atoms with Crippen molar-refractivity contribution < 1.29 is 34.0 Å². The van der Waals surface area contributed by atoms with Gasteiger partial charge in [-0.2, -0.15) is 0 Å². The lowest BCUT2D eigenvalue weighted by Gasteiger charge is -2.59. The van der Waals surface area contributed by atoms with Gasteiger partial charge in [0.05, 0.1) is 29.8 Å². The molecule has 0 aromatic heterocycles. The summed E-state index contributed by atoms with van der Waals surface area (Å²) in [7, 11) is 0. The first kappa shape index (κ1) is 26.0. The van der Waals surface area contributed by atoms with Crippen molar-refractivity contribution in [2.45, 2.75) is 110 Å². The highest BCUT2D eigenvalue weighted by Crippen LogP contribution is 2.73. The Morgan fingerprint density at radius 3 is 2.57 bits per heavy atom. The van der Waals surface area contributed by atoms with Crippen molar-refractivity contribution in [2.24, 2.45) is 40.4 Å². The number of carbonyl (C=O) groups excluding carboxylic acids is 2. The summed E-state index contributed by atoms with van der Waals surface area (Å²) in [6.07, 6.45) is 4.63. The van der Waals surface area contributed by atoms with Gasteiger partial charge in [-0.3, -0.25) is 4.79 Å². The Morgan fingerprint density at radius 2 is 1.89 bits per heavy atom. The fourth-order valence-electron chi connectivity index (χ4n) is 10.4. The Kier molecular flexibility index (Phi) is 6.04. The van der Waals surface area contributed by atoms with E-state index in [9.17, 15) is 19.8 Å². The highest BCUT2D eigenvalue weighted by Gasteiger charge is 2.82. The van der Waals surface area contributed by atoms with Crippen LogP contribution in [0.2, 0.25) is 0 Å². The molecular weight excluding hydrogens is 472 g/mol. The number of aliphatic hydroxyl groups excluding tert-OH is 2. The van der Waals surface area contributed by atoms with Gasteiger partial charge in [0.15, 0.2) is 0 Å². The molecule has 7 heteroatoms. The molecule has 12 unspecified atom stereocenters. The number of rotatable bonds is 5. The van der Waals surface area contributed by atoms with Crippen LogP contribution in [0, 0.1) is 40.4 Å². The molecular formula is C30H44O7. The largest absolute Gasteiger partial charge is 0.458 e. The molecule has 1 spiro atoms. The van der Waals surface area contributed by atoms with Crippen LogP contribution in [0.25, 0.3) is 0 Å². The number of ether oxygens (including phenoxy) is 3. The highest BCUT2D eigenvalue weighted by molar-refractivity contribution is 5.90. The van der Waals surface area contributed by atoms with Crippen LogP contribution in [-0.4, -0.2) is 65.2 Å². The number of esters is 1. The van der Waals surface area contributed by atoms with Gasteiger partial charge in [0, 0.05) is 19.4 Å². The molecule has 0 aromatic carbocycles. The number of Topliss-reactive ketones (excluding diaryl/α,β-unsaturated/α-hetero) is 1. The Morgan fingerprint density at radius 1 is 1.14 bits per heavy atom. The van der Waals surface area contributed by atoms with E-state index in [1.807, 2.05) is 13.8 Å². The summed E-state index contributed by atoms with van der Waals surface area (Å²) in [6, 6.07) is 0. The van der Waals surface area contributed by atoms with Crippen LogP contribution in [0.4, 0.5) is 0 Å². The van der Waals surface area contributed by atoms with Crippen LogP contribution < -0.4 is 0 Å². The van der Waals surface area contributed by atoms with E-state index < -0.39 is 23.2 Å². The summed E-state index contributed by atoms with van der Waals surface area (Å²) in [4.78, 5) is 26.3. The Labute approximate surface area is 220 Å². The average Bonchev–Trinajstić information content (AvgIpc) is 3.49. The van der Waals surface area contributed by atoms with E-state index in [0.29, 0.717) is 36.4 Å². The molecule has 0 aromatic rings. The standard InChI is InChI=1S/C30H44O7/c1-6-35-23-13-24(32)29(5)21-9-10-28(4)19(16(3)22-11-15(2)18(14-31)27(34)36-22)7-8-20(28)17(21)12-25-30(29,37-25)26(23)33/h16-17,19-23,25-26,31,33H,6-14H2,1-5H3. The minimum atomic E-state index is -0.785. The molecule has 37 heavy (non-hydrogen) atoms. The number of aliphatic hydroxyl groups is 2. The number of epoxide rings is 1. The second kappa shape index (κ2) is 8.61. The molecule has 7 nitrogen and oxygen atoms in total. The number of fused-ring (bicyclic) bond motifs is 4. The van der Waals surface area contributed by atoms with Crippen LogP contribution in [-0.2, 0) is 23.8 Å². The highest BCUT2D eigenvalue weighted by atomic mass is 16.6. The first-order valence-corrected chi connectivity index (χ1v) is 14.6. The van der Waals surface area contributed by atoms with Gasteiger partial charge >= 0.3 is 5.97 Å². The van der Waals surface area contributed by atoms with Gasteiger partial charge < -0.3 is 24.4 Å². The van der Waals surface area contributed by atoms with Crippen molar-refractivity contribution in [1.82, 2.24) is 0 Å². The summed E-state index contributed by atoms with van der Waals surface area (Å²) in [6.45, 7) is 10.8. The van der Waals surface area contributed by atoms with Gasteiger partial charge in [-0.25, -0.2) is 4.79 Å². The molecule has 4 aliphatic carbocycles. The summed E-state index contributed by atoms with van der Waals surface area (Å²) in [5, 5.41) is 20.9. The molecule has 2 aliphatic heterocycles. The summed E-state index contributed by atoms with van der Waals surface area (Å²) in [5.41, 5.74) is 0.0274. The molecule has 4 saturated carbocycles. The zero-order chi connectivity index (χ0) is 26.5. The predicted molar refractivity (Wildman–Crippen MR) is 135 cm³/mol. The van der Waals surface area contributed by atoms with Crippen LogP contribution >= 0.6 is 0 Å². The molecule has 12 atom stereocenters. The zero-order valence-electron chi connectivity index (χ0n) is 23.0. The second-order valence-electron chi connectivity index (χ2n) is 13.4. The average molecular weight is 517 g/mol. The fourth-order valence-corrected chi connectivity index (χ4v) is 10.4. The van der Waals surface area contributed by atoms with Crippen molar-refractivity contribution in [3.05, 3.63) is 11.1 Å². The SMILES string of the molecule is CCOC1CC(=O)C2(C)C3CCC4(C)C(C(C)C5CC(C)=C(CO)C(=O)O5)CCC4C3CC3OC32C1O. The number of ketones is 1. The van der Waals surface area contributed by atoms with E-state index in [-0.39, 0.29) is 54.2 Å². The zero-order valence-corrected chi connectivity index (χ0v) is 23.0. The fraction of sp³-hybridized carbons (Fsp3) is 0.867. The first-order valence-electron chi connectivity index (χ1n) is 14.6. The topological polar surface area (TPSA) is 106 Å². The molecule has 206 valence electrons. The number of hydrogen-bond acceptors (Lipinski definition) is 7. The first-order chi connectivity index (χ1) is 17.5. The Bertz CT molecular complexity index is 1020. The van der Waals surface area contributed by atoms with Crippen LogP contribution in [0.5, 0.6) is 0 Å². The molecule has 0 bridgehead atoms. The lowest BCUT2D eigenvalue weighted by atomic mass is 9.43. The van der Waals surface area contributed by atoms with Gasteiger partial charge in [0.1, 0.15) is 23.6 Å². The minimum Gasteiger partial charge on any atom is -0.458 e. The van der Waals surface area contributed by atoms with E-state index in [1.165, 1.54) is 0 Å². The van der Waals surface area contributed by atoms with E-state index >= 15 is 0 Å². The molecule has 2 N–H and O–H groups in total. The van der Waals surface area contributed by atoms with Gasteiger partial charge in [-0.15, -0.1) is 0 Å². The van der Waals surface area contributed by atoms with Crippen molar-refractivity contribution in [1.29, 1.82) is 0 Å². The van der Waals surface area contributed by atoms with Gasteiger partial charge in [0.2, 0.25) is 0 Å². The van der Waals surface area contributed by atoms with Crippen molar-refractivity contribution in [2.75, 3.05) is 13.2 Å². The Hall–Kier alpha value is -1.28. The lowest BCUT2D eigenvalue weighted by molar-refractivity contribution is -0.186. The second-order valence-corrected chi connectivity index (χ2v) is 13.4. The maximum atomic E-state index is 13.8. The maximum absolute atomic E-state index is 13.8. The minimum absolute atomic E-state index is 0.0798. The number of cyclic esters (lactones) is 1. The predicted octanol–water partition coefficient (Wildman–Crippen LogP) is 3.59. The van der Waals surface area contributed by atoms with E-state index in [2.05, 4.69) is 20.8 Å². The molecule has 1 saturated heterocycles. The monoisotopic (exact) mass is 516 g/mol.